The zero-order valence-electron chi connectivity index (χ0n) is 6.39. The van der Waals surface area contributed by atoms with E-state index in [4.69, 9.17) is 9.11 Å². The number of aromatic nitrogens is 2. The van der Waals surface area contributed by atoms with Crippen molar-refractivity contribution in [2.24, 2.45) is 0 Å². The minimum atomic E-state index is -4.63. The van der Waals surface area contributed by atoms with Crippen molar-refractivity contribution in [1.82, 2.24) is 9.97 Å². The molecular weight excluding hydrogens is 236 g/mol. The van der Waals surface area contributed by atoms with Gasteiger partial charge in [0.05, 0.1) is 12.4 Å². The summed E-state index contributed by atoms with van der Waals surface area (Å²) in [5, 5.41) is -1.90. The molecule has 0 aliphatic heterocycles. The fourth-order valence-electron chi connectivity index (χ4n) is 0.580. The van der Waals surface area contributed by atoms with E-state index >= 15 is 0 Å². The minimum absolute atomic E-state index is 0.643. The summed E-state index contributed by atoms with van der Waals surface area (Å²) in [6, 6.07) is 0. The summed E-state index contributed by atoms with van der Waals surface area (Å²) >= 11 is 0. The third-order valence-electron chi connectivity index (χ3n) is 1.12. The van der Waals surface area contributed by atoms with Crippen molar-refractivity contribution in [2.75, 3.05) is 0 Å². The van der Waals surface area contributed by atoms with E-state index in [1.165, 1.54) is 0 Å². The lowest BCUT2D eigenvalue weighted by molar-refractivity contribution is 0.470. The normalized spacial score (nSPS) is 12.7. The molecule has 0 saturated heterocycles. The molecule has 0 bridgehead atoms. The molecule has 0 aromatic carbocycles. The number of rotatable bonds is 2. The second kappa shape index (κ2) is 3.24. The van der Waals surface area contributed by atoms with Gasteiger partial charge in [-0.15, -0.1) is 0 Å². The molecule has 10 heteroatoms. The number of hydrogen-bond donors (Lipinski definition) is 2. The lowest BCUT2D eigenvalue weighted by Gasteiger charge is -1.97. The third-order valence-corrected chi connectivity index (χ3v) is 2.57. The Morgan fingerprint density at radius 1 is 0.929 bits per heavy atom. The van der Waals surface area contributed by atoms with Crippen LogP contribution in [0, 0.1) is 0 Å². The first-order valence-corrected chi connectivity index (χ1v) is 5.86. The molecule has 78 valence electrons. The zero-order valence-corrected chi connectivity index (χ0v) is 8.03. The molecule has 0 aliphatic carbocycles. The average Bonchev–Trinajstić information content (AvgIpc) is 2.01. The van der Waals surface area contributed by atoms with E-state index in [0.717, 1.165) is 0 Å². The molecular formula is C4H4N2O6S2. The molecule has 2 N–H and O–H groups in total. The molecule has 0 aliphatic rings. The van der Waals surface area contributed by atoms with Crippen molar-refractivity contribution in [3.05, 3.63) is 12.4 Å². The Hall–Kier alpha value is -1.10. The quantitative estimate of drug-likeness (QED) is 0.626. The summed E-state index contributed by atoms with van der Waals surface area (Å²) in [5.41, 5.74) is 0. The maximum atomic E-state index is 10.5. The van der Waals surface area contributed by atoms with Crippen molar-refractivity contribution in [2.45, 2.75) is 10.1 Å². The zero-order chi connectivity index (χ0) is 11.0. The van der Waals surface area contributed by atoms with Crippen molar-refractivity contribution in [1.29, 1.82) is 0 Å². The van der Waals surface area contributed by atoms with Crippen LogP contribution in [0.15, 0.2) is 22.4 Å². The highest BCUT2D eigenvalue weighted by Gasteiger charge is 2.18. The van der Waals surface area contributed by atoms with Crippen LogP contribution in [0.2, 0.25) is 0 Å². The Labute approximate surface area is 79.1 Å². The van der Waals surface area contributed by atoms with Gasteiger partial charge in [-0.1, -0.05) is 0 Å². The van der Waals surface area contributed by atoms with Crippen LogP contribution < -0.4 is 0 Å². The third kappa shape index (κ3) is 2.45. The van der Waals surface area contributed by atoms with Crippen molar-refractivity contribution in [3.63, 3.8) is 0 Å². The van der Waals surface area contributed by atoms with Gasteiger partial charge in [0.1, 0.15) is 0 Å². The highest BCUT2D eigenvalue weighted by atomic mass is 32.2. The van der Waals surface area contributed by atoms with E-state index in [1.54, 1.807) is 0 Å². The number of nitrogens with zero attached hydrogens (tertiary/aromatic N) is 2. The van der Waals surface area contributed by atoms with Gasteiger partial charge < -0.3 is 0 Å². The van der Waals surface area contributed by atoms with Crippen molar-refractivity contribution in [3.8, 4) is 0 Å². The number of hydrogen-bond acceptors (Lipinski definition) is 6. The predicted molar refractivity (Wildman–Crippen MR) is 41.7 cm³/mol. The molecule has 0 atom stereocenters. The molecule has 1 heterocycles. The van der Waals surface area contributed by atoms with Gasteiger partial charge in [0.15, 0.2) is 0 Å². The first kappa shape index (κ1) is 11.0. The van der Waals surface area contributed by atoms with E-state index in [9.17, 15) is 16.8 Å². The second-order valence-electron chi connectivity index (χ2n) is 2.15. The first-order valence-electron chi connectivity index (χ1n) is 2.98. The van der Waals surface area contributed by atoms with Crippen LogP contribution in [0.1, 0.15) is 0 Å². The van der Waals surface area contributed by atoms with Crippen LogP contribution in [-0.2, 0) is 20.2 Å². The molecule has 0 radical (unpaired) electrons. The average molecular weight is 240 g/mol. The van der Waals surface area contributed by atoms with Gasteiger partial charge in [-0.25, -0.2) is 4.98 Å². The van der Waals surface area contributed by atoms with Gasteiger partial charge in [-0.2, -0.15) is 16.8 Å². The molecule has 0 unspecified atom stereocenters. The van der Waals surface area contributed by atoms with Gasteiger partial charge in [0, 0.05) is 0 Å². The summed E-state index contributed by atoms with van der Waals surface area (Å²) in [7, 11) is -9.27. The maximum Gasteiger partial charge on any atom is 0.313 e. The molecule has 0 amide bonds. The van der Waals surface area contributed by atoms with E-state index in [2.05, 4.69) is 9.97 Å². The van der Waals surface area contributed by atoms with Gasteiger partial charge in [0.2, 0.25) is 10.1 Å². The smallest absolute Gasteiger partial charge is 0.281 e. The molecule has 1 rings (SSSR count). The lowest BCUT2D eigenvalue weighted by Crippen LogP contribution is -2.08. The van der Waals surface area contributed by atoms with Crippen molar-refractivity contribution >= 4 is 20.2 Å². The Morgan fingerprint density at radius 3 is 1.57 bits per heavy atom. The molecule has 0 saturated carbocycles. The van der Waals surface area contributed by atoms with Crippen LogP contribution >= 0.6 is 0 Å². The Kier molecular flexibility index (Phi) is 2.54. The molecule has 0 fully saturated rings. The van der Waals surface area contributed by atoms with Crippen LogP contribution in [-0.4, -0.2) is 35.9 Å². The fourth-order valence-corrected chi connectivity index (χ4v) is 1.45. The molecule has 0 spiro atoms. The topological polar surface area (TPSA) is 135 Å². The van der Waals surface area contributed by atoms with Crippen LogP contribution in [0.25, 0.3) is 0 Å². The Bertz CT molecular complexity index is 500. The largest absolute Gasteiger partial charge is 0.313 e. The molecule has 8 nitrogen and oxygen atoms in total. The summed E-state index contributed by atoms with van der Waals surface area (Å²) in [6.07, 6.45) is 1.29. The summed E-state index contributed by atoms with van der Waals surface area (Å²) in [4.78, 5) is 6.15. The van der Waals surface area contributed by atoms with Gasteiger partial charge >= 0.3 is 20.2 Å². The fraction of sp³-hybridized carbons (Fsp3) is 0. The molecule has 1 aromatic heterocycles. The monoisotopic (exact) mass is 240 g/mol. The van der Waals surface area contributed by atoms with Crippen LogP contribution in [0.4, 0.5) is 0 Å². The summed E-state index contributed by atoms with van der Waals surface area (Å²) < 4.78 is 58.9. The predicted octanol–water partition coefficient (Wildman–Crippen LogP) is -1.03. The van der Waals surface area contributed by atoms with Crippen LogP contribution in [0.3, 0.4) is 0 Å². The van der Waals surface area contributed by atoms with E-state index in [0.29, 0.717) is 12.4 Å². The highest BCUT2D eigenvalue weighted by Crippen LogP contribution is 2.07. The summed E-state index contributed by atoms with van der Waals surface area (Å²) in [6.45, 7) is 0. The SMILES string of the molecule is O=S(=O)(O)c1cncc(S(=O)(=O)O)n1. The van der Waals surface area contributed by atoms with E-state index in [-0.39, 0.29) is 0 Å². The Morgan fingerprint density at radius 2 is 1.29 bits per heavy atom. The first-order chi connectivity index (χ1) is 6.21. The molecule has 14 heavy (non-hydrogen) atoms. The van der Waals surface area contributed by atoms with E-state index < -0.39 is 30.3 Å². The van der Waals surface area contributed by atoms with Gasteiger partial charge in [-0.05, 0) is 0 Å². The van der Waals surface area contributed by atoms with E-state index in [1.807, 2.05) is 0 Å². The van der Waals surface area contributed by atoms with Gasteiger partial charge in [-0.3, -0.25) is 14.1 Å². The Balaban J connectivity index is 3.44. The van der Waals surface area contributed by atoms with Crippen molar-refractivity contribution < 1.29 is 25.9 Å². The lowest BCUT2D eigenvalue weighted by atomic mass is 10.8. The van der Waals surface area contributed by atoms with Gasteiger partial charge in [0.25, 0.3) is 0 Å². The molecule has 1 aromatic rings. The van der Waals surface area contributed by atoms with Crippen LogP contribution in [0.5, 0.6) is 0 Å². The summed E-state index contributed by atoms with van der Waals surface area (Å²) in [5.74, 6) is 0. The standard InChI is InChI=1S/C4H4N2O6S2/c7-13(8,9)3-1-5-2-4(6-3)14(10,11)12/h1-2H,(H,7,8,9)(H,10,11,12). The minimum Gasteiger partial charge on any atom is -0.281 e. The highest BCUT2D eigenvalue weighted by molar-refractivity contribution is 7.86. The second-order valence-corrected chi connectivity index (χ2v) is 4.88. The maximum absolute atomic E-state index is 10.5.